The number of hydrogen-bond donors (Lipinski definition) is 2. The molecule has 1 atom stereocenters. The van der Waals surface area contributed by atoms with E-state index in [1.54, 1.807) is 20.8 Å². The number of rotatable bonds is 7. The standard InChI is InChI=1S/C14H27NO4/c1-6-7-14(10-16,11(2)17)8-9-15-12(18)19-13(3,4)5/h16H,6-10H2,1-5H3,(H,15,18)/t14-/m0/s1. The van der Waals surface area contributed by atoms with Gasteiger partial charge in [-0.15, -0.1) is 0 Å². The fourth-order valence-corrected chi connectivity index (χ4v) is 1.94. The molecule has 0 fully saturated rings. The number of carbonyl (C=O) groups is 2. The van der Waals surface area contributed by atoms with Gasteiger partial charge in [0.15, 0.2) is 0 Å². The summed E-state index contributed by atoms with van der Waals surface area (Å²) in [7, 11) is 0. The highest BCUT2D eigenvalue weighted by atomic mass is 16.6. The van der Waals surface area contributed by atoms with Crippen LogP contribution in [0.15, 0.2) is 0 Å². The fraction of sp³-hybridized carbons (Fsp3) is 0.857. The molecule has 0 aliphatic heterocycles. The Morgan fingerprint density at radius 1 is 1.21 bits per heavy atom. The number of nitrogens with one attached hydrogen (secondary N) is 1. The maximum Gasteiger partial charge on any atom is 0.407 e. The lowest BCUT2D eigenvalue weighted by atomic mass is 9.77. The first kappa shape index (κ1) is 17.9. The van der Waals surface area contributed by atoms with Gasteiger partial charge < -0.3 is 15.2 Å². The number of alkyl carbamates (subject to hydrolysis) is 1. The minimum Gasteiger partial charge on any atom is -0.444 e. The van der Waals surface area contributed by atoms with Gasteiger partial charge in [-0.25, -0.2) is 4.79 Å². The molecule has 1 amide bonds. The Morgan fingerprint density at radius 3 is 2.16 bits per heavy atom. The monoisotopic (exact) mass is 273 g/mol. The third-order valence-corrected chi connectivity index (χ3v) is 3.05. The SMILES string of the molecule is CCC[C@@](CO)(CCNC(=O)OC(C)(C)C)C(C)=O. The van der Waals surface area contributed by atoms with Gasteiger partial charge in [-0.05, 0) is 40.5 Å². The maximum atomic E-state index is 11.7. The first-order chi connectivity index (χ1) is 8.67. The zero-order valence-corrected chi connectivity index (χ0v) is 12.7. The van der Waals surface area contributed by atoms with Gasteiger partial charge in [-0.3, -0.25) is 4.79 Å². The Kier molecular flexibility index (Phi) is 7.05. The molecule has 0 radical (unpaired) electrons. The Bertz CT molecular complexity index is 309. The van der Waals surface area contributed by atoms with Crippen molar-refractivity contribution in [3.8, 4) is 0 Å². The van der Waals surface area contributed by atoms with E-state index in [2.05, 4.69) is 5.32 Å². The van der Waals surface area contributed by atoms with Crippen LogP contribution < -0.4 is 5.32 Å². The molecule has 0 saturated heterocycles. The van der Waals surface area contributed by atoms with Gasteiger partial charge in [0, 0.05) is 6.54 Å². The Hall–Kier alpha value is -1.10. The number of Topliss-reactive ketones (excluding diaryl/α,β-unsaturated/α-hetero) is 1. The molecule has 0 aromatic heterocycles. The first-order valence-corrected chi connectivity index (χ1v) is 6.75. The number of aliphatic hydroxyl groups is 1. The molecule has 0 heterocycles. The number of amides is 1. The minimum absolute atomic E-state index is 0.0390. The molecule has 112 valence electrons. The van der Waals surface area contributed by atoms with Crippen molar-refractivity contribution >= 4 is 11.9 Å². The Morgan fingerprint density at radius 2 is 1.79 bits per heavy atom. The highest BCUT2D eigenvalue weighted by Crippen LogP contribution is 2.28. The number of ether oxygens (including phenoxy) is 1. The second-order valence-electron chi connectivity index (χ2n) is 5.92. The van der Waals surface area contributed by atoms with E-state index >= 15 is 0 Å². The van der Waals surface area contributed by atoms with Crippen LogP contribution in [0.5, 0.6) is 0 Å². The summed E-state index contributed by atoms with van der Waals surface area (Å²) < 4.78 is 5.11. The van der Waals surface area contributed by atoms with Crippen molar-refractivity contribution in [1.29, 1.82) is 0 Å². The lowest BCUT2D eigenvalue weighted by Crippen LogP contribution is -2.39. The van der Waals surface area contributed by atoms with Gasteiger partial charge >= 0.3 is 6.09 Å². The molecular weight excluding hydrogens is 246 g/mol. The fourth-order valence-electron chi connectivity index (χ4n) is 1.94. The molecule has 19 heavy (non-hydrogen) atoms. The molecule has 0 unspecified atom stereocenters. The van der Waals surface area contributed by atoms with Crippen LogP contribution in [0.1, 0.15) is 53.9 Å². The molecule has 0 aliphatic carbocycles. The van der Waals surface area contributed by atoms with Crippen molar-refractivity contribution in [2.45, 2.75) is 59.5 Å². The van der Waals surface area contributed by atoms with Gasteiger partial charge in [-0.2, -0.15) is 0 Å². The molecule has 0 aliphatic rings. The van der Waals surface area contributed by atoms with E-state index in [1.165, 1.54) is 6.92 Å². The van der Waals surface area contributed by atoms with Crippen LogP contribution in [0.2, 0.25) is 0 Å². The van der Waals surface area contributed by atoms with Crippen LogP contribution in [-0.2, 0) is 9.53 Å². The molecule has 0 aromatic rings. The Balaban J connectivity index is 4.35. The summed E-state index contributed by atoms with van der Waals surface area (Å²) in [6.45, 7) is 8.95. The quantitative estimate of drug-likeness (QED) is 0.746. The van der Waals surface area contributed by atoms with Crippen molar-refractivity contribution in [2.24, 2.45) is 5.41 Å². The van der Waals surface area contributed by atoms with Crippen molar-refractivity contribution in [2.75, 3.05) is 13.2 Å². The zero-order chi connectivity index (χ0) is 15.1. The predicted molar refractivity (Wildman–Crippen MR) is 74.0 cm³/mol. The largest absolute Gasteiger partial charge is 0.444 e. The zero-order valence-electron chi connectivity index (χ0n) is 12.7. The van der Waals surface area contributed by atoms with Crippen molar-refractivity contribution in [3.05, 3.63) is 0 Å². The average molecular weight is 273 g/mol. The summed E-state index contributed by atoms with van der Waals surface area (Å²) in [6, 6.07) is 0. The second kappa shape index (κ2) is 7.48. The van der Waals surface area contributed by atoms with E-state index in [0.717, 1.165) is 6.42 Å². The van der Waals surface area contributed by atoms with Crippen LogP contribution in [-0.4, -0.2) is 35.7 Å². The highest BCUT2D eigenvalue weighted by Gasteiger charge is 2.33. The van der Waals surface area contributed by atoms with Crippen molar-refractivity contribution in [3.63, 3.8) is 0 Å². The van der Waals surface area contributed by atoms with E-state index in [1.807, 2.05) is 6.92 Å². The molecule has 0 bridgehead atoms. The number of ketones is 1. The van der Waals surface area contributed by atoms with Gasteiger partial charge in [0.25, 0.3) is 0 Å². The molecule has 0 saturated carbocycles. The van der Waals surface area contributed by atoms with Gasteiger partial charge in [0.2, 0.25) is 0 Å². The molecule has 5 nitrogen and oxygen atoms in total. The molecule has 0 spiro atoms. The third kappa shape index (κ3) is 6.57. The second-order valence-corrected chi connectivity index (χ2v) is 5.92. The topological polar surface area (TPSA) is 75.6 Å². The lowest BCUT2D eigenvalue weighted by molar-refractivity contribution is -0.129. The van der Waals surface area contributed by atoms with E-state index in [4.69, 9.17) is 4.74 Å². The van der Waals surface area contributed by atoms with Crippen LogP contribution in [0.4, 0.5) is 4.79 Å². The smallest absolute Gasteiger partial charge is 0.407 e. The number of carbonyl (C=O) groups excluding carboxylic acids is 2. The maximum absolute atomic E-state index is 11.7. The average Bonchev–Trinajstić information content (AvgIpc) is 2.25. The highest BCUT2D eigenvalue weighted by molar-refractivity contribution is 5.82. The van der Waals surface area contributed by atoms with Gasteiger partial charge in [0.05, 0.1) is 12.0 Å². The normalized spacial score (nSPS) is 14.6. The summed E-state index contributed by atoms with van der Waals surface area (Å²) in [5.41, 5.74) is -1.29. The molecule has 0 rings (SSSR count). The third-order valence-electron chi connectivity index (χ3n) is 3.05. The molecule has 2 N–H and O–H groups in total. The van der Waals surface area contributed by atoms with E-state index in [9.17, 15) is 14.7 Å². The van der Waals surface area contributed by atoms with Gasteiger partial charge in [-0.1, -0.05) is 13.3 Å². The summed E-state index contributed by atoms with van der Waals surface area (Å²) in [4.78, 5) is 23.2. The van der Waals surface area contributed by atoms with Crippen molar-refractivity contribution < 1.29 is 19.4 Å². The minimum atomic E-state index is -0.746. The summed E-state index contributed by atoms with van der Waals surface area (Å²) in [5, 5.41) is 12.1. The molecule has 5 heteroatoms. The van der Waals surface area contributed by atoms with Crippen LogP contribution in [0.25, 0.3) is 0 Å². The van der Waals surface area contributed by atoms with E-state index in [-0.39, 0.29) is 12.4 Å². The summed E-state index contributed by atoms with van der Waals surface area (Å²) in [5.74, 6) is -0.0390. The van der Waals surface area contributed by atoms with Crippen LogP contribution in [0, 0.1) is 5.41 Å². The van der Waals surface area contributed by atoms with Crippen LogP contribution in [0.3, 0.4) is 0 Å². The van der Waals surface area contributed by atoms with E-state index < -0.39 is 17.1 Å². The lowest BCUT2D eigenvalue weighted by Gasteiger charge is -2.29. The summed E-state index contributed by atoms with van der Waals surface area (Å²) in [6.07, 6.45) is 1.35. The predicted octanol–water partition coefficient (Wildman–Crippen LogP) is 2.27. The van der Waals surface area contributed by atoms with Crippen molar-refractivity contribution in [1.82, 2.24) is 5.32 Å². The first-order valence-electron chi connectivity index (χ1n) is 6.75. The molecular formula is C14H27NO4. The number of hydrogen-bond acceptors (Lipinski definition) is 4. The van der Waals surface area contributed by atoms with E-state index in [0.29, 0.717) is 19.4 Å². The Labute approximate surface area is 115 Å². The van der Waals surface area contributed by atoms with Gasteiger partial charge in [0.1, 0.15) is 11.4 Å². The number of aliphatic hydroxyl groups excluding tert-OH is 1. The van der Waals surface area contributed by atoms with Crippen LogP contribution >= 0.6 is 0 Å². The summed E-state index contributed by atoms with van der Waals surface area (Å²) >= 11 is 0. The molecule has 0 aromatic carbocycles.